The number of hydrogen-bond acceptors (Lipinski definition) is 1. The van der Waals surface area contributed by atoms with Gasteiger partial charge in [-0.25, -0.2) is 8.78 Å². The first-order valence-corrected chi connectivity index (χ1v) is 3.29. The molecule has 0 radical (unpaired) electrons. The Kier molecular flexibility index (Phi) is 1.90. The molecule has 1 aliphatic carbocycles. The Balaban J connectivity index is 0.000000500. The van der Waals surface area contributed by atoms with E-state index in [4.69, 9.17) is 0 Å². The summed E-state index contributed by atoms with van der Waals surface area (Å²) in [6, 6.07) is 0. The smallest absolute Gasteiger partial charge is 0.252 e. The van der Waals surface area contributed by atoms with Crippen LogP contribution in [0.3, 0.4) is 0 Å². The van der Waals surface area contributed by atoms with E-state index in [0.717, 1.165) is 6.54 Å². The third-order valence-corrected chi connectivity index (χ3v) is 2.42. The molecule has 60 valence electrons. The number of nitrogens with one attached hydrogen (secondary N) is 1. The fraction of sp³-hybridized carbons (Fsp3) is 1.00. The first-order valence-electron chi connectivity index (χ1n) is 3.29. The van der Waals surface area contributed by atoms with Crippen LogP contribution in [-0.2, 0) is 0 Å². The minimum absolute atomic E-state index is 0. The third kappa shape index (κ3) is 0.920. The topological polar surface area (TPSA) is 12.0 Å². The highest BCUT2D eigenvalue weighted by molar-refractivity contribution is 5.85. The molecule has 1 nitrogen and oxygen atoms in total. The van der Waals surface area contributed by atoms with E-state index in [2.05, 4.69) is 5.32 Å². The van der Waals surface area contributed by atoms with Crippen molar-refractivity contribution in [2.24, 2.45) is 11.8 Å². The molecule has 0 spiro atoms. The second kappa shape index (κ2) is 2.31. The third-order valence-electron chi connectivity index (χ3n) is 2.42. The Hall–Kier alpha value is 0.110. The maximum Gasteiger partial charge on any atom is 0.252 e. The number of fused-ring (bicyclic) bond motifs is 1. The van der Waals surface area contributed by atoms with Gasteiger partial charge in [0.05, 0.1) is 0 Å². The first kappa shape index (κ1) is 8.21. The van der Waals surface area contributed by atoms with Crippen molar-refractivity contribution in [1.29, 1.82) is 0 Å². The number of rotatable bonds is 0. The van der Waals surface area contributed by atoms with E-state index in [9.17, 15) is 8.78 Å². The van der Waals surface area contributed by atoms with Gasteiger partial charge in [0.1, 0.15) is 0 Å². The van der Waals surface area contributed by atoms with Crippen LogP contribution in [0.2, 0.25) is 0 Å². The lowest BCUT2D eigenvalue weighted by Crippen LogP contribution is -2.46. The van der Waals surface area contributed by atoms with Gasteiger partial charge >= 0.3 is 0 Å². The first-order chi connectivity index (χ1) is 4.20. The maximum atomic E-state index is 12.5. The lowest BCUT2D eigenvalue weighted by molar-refractivity contribution is -0.152. The molecule has 1 heterocycles. The minimum atomic E-state index is -2.34. The molecule has 2 aliphatic rings. The molecule has 2 atom stereocenters. The highest BCUT2D eigenvalue weighted by Gasteiger charge is 2.57. The van der Waals surface area contributed by atoms with Gasteiger partial charge in [-0.05, 0) is 12.5 Å². The van der Waals surface area contributed by atoms with Crippen molar-refractivity contribution in [2.45, 2.75) is 12.3 Å². The van der Waals surface area contributed by atoms with Crippen LogP contribution in [0.15, 0.2) is 0 Å². The fourth-order valence-electron chi connectivity index (χ4n) is 1.78. The molecule has 1 N–H and O–H groups in total. The molecule has 0 bridgehead atoms. The maximum absolute atomic E-state index is 12.5. The van der Waals surface area contributed by atoms with E-state index in [-0.39, 0.29) is 30.7 Å². The Labute approximate surface area is 64.6 Å². The molecule has 1 aliphatic heterocycles. The second-order valence-corrected chi connectivity index (χ2v) is 2.99. The van der Waals surface area contributed by atoms with Crippen LogP contribution in [0.25, 0.3) is 0 Å². The van der Waals surface area contributed by atoms with Crippen LogP contribution in [0.1, 0.15) is 6.42 Å². The summed E-state index contributed by atoms with van der Waals surface area (Å²) in [6.45, 7) is 1.33. The molecule has 0 unspecified atom stereocenters. The quantitative estimate of drug-likeness (QED) is 0.576. The minimum Gasteiger partial charge on any atom is -0.316 e. The average molecular weight is 170 g/mol. The van der Waals surface area contributed by atoms with Crippen molar-refractivity contribution in [1.82, 2.24) is 5.32 Å². The second-order valence-electron chi connectivity index (χ2n) is 2.99. The molecule has 2 fully saturated rings. The molecule has 1 saturated carbocycles. The lowest BCUT2D eigenvalue weighted by Gasteiger charge is -2.38. The van der Waals surface area contributed by atoms with E-state index < -0.39 is 5.92 Å². The fourth-order valence-corrected chi connectivity index (χ4v) is 1.78. The number of hydrogen-bond donors (Lipinski definition) is 1. The number of halogens is 3. The largest absolute Gasteiger partial charge is 0.316 e. The molecule has 0 aromatic rings. The van der Waals surface area contributed by atoms with Crippen molar-refractivity contribution in [3.8, 4) is 0 Å². The Morgan fingerprint density at radius 1 is 1.30 bits per heavy atom. The summed E-state index contributed by atoms with van der Waals surface area (Å²) < 4.78 is 24.9. The van der Waals surface area contributed by atoms with Gasteiger partial charge < -0.3 is 5.32 Å². The molecule has 0 aromatic heterocycles. The number of alkyl halides is 2. The van der Waals surface area contributed by atoms with Gasteiger partial charge in [-0.2, -0.15) is 0 Å². The van der Waals surface area contributed by atoms with Crippen LogP contribution in [0.4, 0.5) is 8.78 Å². The van der Waals surface area contributed by atoms with Crippen molar-refractivity contribution >= 4 is 12.4 Å². The molecule has 4 heteroatoms. The highest BCUT2D eigenvalue weighted by atomic mass is 35.5. The van der Waals surface area contributed by atoms with Crippen molar-refractivity contribution < 1.29 is 8.78 Å². The molecule has 1 saturated heterocycles. The molecular formula is C6H10ClF2N. The normalized spacial score (nSPS) is 41.4. The SMILES string of the molecule is Cl.FC1(F)C[C@H]2CNC[C@H]21. The summed E-state index contributed by atoms with van der Waals surface area (Å²) >= 11 is 0. The van der Waals surface area contributed by atoms with E-state index in [1.807, 2.05) is 0 Å². The van der Waals surface area contributed by atoms with Crippen LogP contribution in [0, 0.1) is 11.8 Å². The summed E-state index contributed by atoms with van der Waals surface area (Å²) in [6.07, 6.45) is 0.116. The lowest BCUT2D eigenvalue weighted by atomic mass is 9.72. The summed E-state index contributed by atoms with van der Waals surface area (Å²) in [4.78, 5) is 0. The Morgan fingerprint density at radius 3 is 2.40 bits per heavy atom. The molecule has 0 amide bonds. The van der Waals surface area contributed by atoms with Gasteiger partial charge in [0.2, 0.25) is 0 Å². The predicted octanol–water partition coefficient (Wildman–Crippen LogP) is 1.28. The van der Waals surface area contributed by atoms with Crippen LogP contribution in [-0.4, -0.2) is 19.0 Å². The van der Waals surface area contributed by atoms with Crippen LogP contribution < -0.4 is 5.32 Å². The van der Waals surface area contributed by atoms with Gasteiger partial charge in [-0.1, -0.05) is 0 Å². The van der Waals surface area contributed by atoms with Gasteiger partial charge in [0.25, 0.3) is 5.92 Å². The van der Waals surface area contributed by atoms with Crippen molar-refractivity contribution in [3.63, 3.8) is 0 Å². The Morgan fingerprint density at radius 2 is 2.00 bits per heavy atom. The molecule has 10 heavy (non-hydrogen) atoms. The predicted molar refractivity (Wildman–Crippen MR) is 36.7 cm³/mol. The standard InChI is InChI=1S/C6H9F2N.ClH/c7-6(8)1-4-2-9-3-5(4)6;/h4-5,9H,1-3H2;1H/t4-,5+;/m0./s1. The van der Waals surface area contributed by atoms with E-state index in [1.165, 1.54) is 0 Å². The average Bonchev–Trinajstić information content (AvgIpc) is 2.10. The zero-order valence-electron chi connectivity index (χ0n) is 5.44. The van der Waals surface area contributed by atoms with E-state index >= 15 is 0 Å². The van der Waals surface area contributed by atoms with Crippen LogP contribution in [0.5, 0.6) is 0 Å². The van der Waals surface area contributed by atoms with Crippen LogP contribution >= 0.6 is 12.4 Å². The zero-order chi connectivity index (χ0) is 6.48. The molecular weight excluding hydrogens is 160 g/mol. The summed E-state index contributed by atoms with van der Waals surface area (Å²) in [5.41, 5.74) is 0. The monoisotopic (exact) mass is 169 g/mol. The van der Waals surface area contributed by atoms with E-state index in [1.54, 1.807) is 0 Å². The van der Waals surface area contributed by atoms with Gasteiger partial charge in [0.15, 0.2) is 0 Å². The van der Waals surface area contributed by atoms with Crippen molar-refractivity contribution in [2.75, 3.05) is 13.1 Å². The summed E-state index contributed by atoms with van der Waals surface area (Å²) in [7, 11) is 0. The summed E-state index contributed by atoms with van der Waals surface area (Å²) in [5.74, 6) is -2.40. The summed E-state index contributed by atoms with van der Waals surface area (Å²) in [5, 5.41) is 2.96. The zero-order valence-corrected chi connectivity index (χ0v) is 6.26. The Bertz CT molecular complexity index is 140. The van der Waals surface area contributed by atoms with Gasteiger partial charge in [0, 0.05) is 18.9 Å². The van der Waals surface area contributed by atoms with Gasteiger partial charge in [-0.3, -0.25) is 0 Å². The molecule has 2 rings (SSSR count). The molecule has 0 aromatic carbocycles. The van der Waals surface area contributed by atoms with Gasteiger partial charge in [-0.15, -0.1) is 12.4 Å². The van der Waals surface area contributed by atoms with Crippen molar-refractivity contribution in [3.05, 3.63) is 0 Å². The highest BCUT2D eigenvalue weighted by Crippen LogP contribution is 2.49. The van der Waals surface area contributed by atoms with E-state index in [0.29, 0.717) is 6.54 Å².